The fourth-order valence-electron chi connectivity index (χ4n) is 1.97. The van der Waals surface area contributed by atoms with Crippen molar-refractivity contribution in [3.63, 3.8) is 0 Å². The maximum Gasteiger partial charge on any atom is 0.0990 e. The number of hydrogen-bond donors (Lipinski definition) is 2. The van der Waals surface area contributed by atoms with Gasteiger partial charge in [-0.3, -0.25) is 10.3 Å². The molecule has 1 saturated carbocycles. The van der Waals surface area contributed by atoms with Gasteiger partial charge in [-0.05, 0) is 12.8 Å². The highest BCUT2D eigenvalue weighted by atomic mass is 16.3. The summed E-state index contributed by atoms with van der Waals surface area (Å²) in [5.74, 6) is 1.42. The largest absolute Gasteiger partial charge is 0.395 e. The van der Waals surface area contributed by atoms with Crippen LogP contribution in [0.5, 0.6) is 0 Å². The van der Waals surface area contributed by atoms with E-state index < -0.39 is 0 Å². The predicted molar refractivity (Wildman–Crippen MR) is 55.5 cm³/mol. The molecule has 14 heavy (non-hydrogen) atoms. The number of rotatable bonds is 3. The molecule has 1 aliphatic heterocycles. The second kappa shape index (κ2) is 4.28. The Balaban J connectivity index is 1.74. The molecule has 0 radical (unpaired) electrons. The van der Waals surface area contributed by atoms with Gasteiger partial charge in [0.1, 0.15) is 0 Å². The highest BCUT2D eigenvalue weighted by Crippen LogP contribution is 2.31. The summed E-state index contributed by atoms with van der Waals surface area (Å²) in [4.78, 5) is 4.46. The van der Waals surface area contributed by atoms with Crippen molar-refractivity contribution in [2.75, 3.05) is 39.3 Å². The van der Waals surface area contributed by atoms with E-state index in [0.717, 1.165) is 38.6 Å². The fourth-order valence-corrected chi connectivity index (χ4v) is 1.97. The molecule has 1 saturated heterocycles. The lowest BCUT2D eigenvalue weighted by molar-refractivity contribution is 0.145. The third-order valence-corrected chi connectivity index (χ3v) is 3.09. The van der Waals surface area contributed by atoms with E-state index >= 15 is 0 Å². The molecule has 4 heteroatoms. The number of aliphatic hydroxyl groups excluding tert-OH is 1. The monoisotopic (exact) mass is 197 g/mol. The van der Waals surface area contributed by atoms with E-state index in [2.05, 4.69) is 9.80 Å². The summed E-state index contributed by atoms with van der Waals surface area (Å²) in [6, 6.07) is 0. The summed E-state index contributed by atoms with van der Waals surface area (Å²) in [5.41, 5.74) is 0. The van der Waals surface area contributed by atoms with Gasteiger partial charge in [-0.2, -0.15) is 0 Å². The summed E-state index contributed by atoms with van der Waals surface area (Å²) < 4.78 is 0. The molecule has 0 unspecified atom stereocenters. The molecule has 80 valence electrons. The molecule has 1 heterocycles. The van der Waals surface area contributed by atoms with Crippen molar-refractivity contribution in [1.82, 2.24) is 9.80 Å². The van der Waals surface area contributed by atoms with Crippen LogP contribution in [0.25, 0.3) is 0 Å². The minimum atomic E-state index is 0.250. The van der Waals surface area contributed by atoms with Crippen LogP contribution in [-0.2, 0) is 0 Å². The quantitative estimate of drug-likeness (QED) is 0.494. The van der Waals surface area contributed by atoms with Crippen LogP contribution in [0.1, 0.15) is 12.8 Å². The SMILES string of the molecule is N=C(C1CC1)N1CCN(CCO)CC1. The van der Waals surface area contributed by atoms with Crippen LogP contribution < -0.4 is 0 Å². The minimum absolute atomic E-state index is 0.250. The number of nitrogens with one attached hydrogen (secondary N) is 1. The molecular formula is C10H19N3O. The molecule has 0 aromatic heterocycles. The van der Waals surface area contributed by atoms with E-state index in [1.807, 2.05) is 0 Å². The molecule has 0 aromatic carbocycles. The van der Waals surface area contributed by atoms with Crippen molar-refractivity contribution in [2.45, 2.75) is 12.8 Å². The van der Waals surface area contributed by atoms with Gasteiger partial charge < -0.3 is 10.0 Å². The van der Waals surface area contributed by atoms with Crippen molar-refractivity contribution in [3.8, 4) is 0 Å². The van der Waals surface area contributed by atoms with E-state index in [1.165, 1.54) is 12.8 Å². The van der Waals surface area contributed by atoms with Gasteiger partial charge in [0.2, 0.25) is 0 Å². The number of piperazine rings is 1. The lowest BCUT2D eigenvalue weighted by atomic mass is 10.2. The molecule has 0 atom stereocenters. The van der Waals surface area contributed by atoms with Crippen LogP contribution >= 0.6 is 0 Å². The number of amidine groups is 1. The standard InChI is InChI=1S/C10H19N3O/c11-10(9-1-2-9)13-5-3-12(4-6-13)7-8-14/h9,11,14H,1-8H2. The number of nitrogens with zero attached hydrogens (tertiary/aromatic N) is 2. The maximum atomic E-state index is 8.79. The Hall–Kier alpha value is -0.610. The smallest absolute Gasteiger partial charge is 0.0990 e. The molecule has 2 fully saturated rings. The normalized spacial score (nSPS) is 23.9. The minimum Gasteiger partial charge on any atom is -0.395 e. The first-order chi connectivity index (χ1) is 6.81. The Kier molecular flexibility index (Phi) is 3.03. The Morgan fingerprint density at radius 1 is 1.21 bits per heavy atom. The topological polar surface area (TPSA) is 50.6 Å². The molecule has 0 spiro atoms. The average molecular weight is 197 g/mol. The van der Waals surface area contributed by atoms with Crippen LogP contribution in [0.15, 0.2) is 0 Å². The van der Waals surface area contributed by atoms with Gasteiger partial charge in [-0.1, -0.05) is 0 Å². The van der Waals surface area contributed by atoms with Crippen LogP contribution in [0.2, 0.25) is 0 Å². The van der Waals surface area contributed by atoms with E-state index in [9.17, 15) is 0 Å². The van der Waals surface area contributed by atoms with Crippen molar-refractivity contribution in [1.29, 1.82) is 5.41 Å². The molecule has 0 aromatic rings. The average Bonchev–Trinajstić information content (AvgIpc) is 3.02. The Bertz CT molecular complexity index is 207. The molecule has 2 aliphatic rings. The Labute approximate surface area is 85.0 Å². The van der Waals surface area contributed by atoms with Gasteiger partial charge in [-0.15, -0.1) is 0 Å². The summed E-state index contributed by atoms with van der Waals surface area (Å²) in [6.07, 6.45) is 2.44. The van der Waals surface area contributed by atoms with Crippen LogP contribution in [0.3, 0.4) is 0 Å². The lowest BCUT2D eigenvalue weighted by Gasteiger charge is -2.35. The van der Waals surface area contributed by atoms with Gasteiger partial charge >= 0.3 is 0 Å². The molecule has 2 rings (SSSR count). The van der Waals surface area contributed by atoms with Crippen LogP contribution in [0.4, 0.5) is 0 Å². The van der Waals surface area contributed by atoms with Crippen molar-refractivity contribution in [3.05, 3.63) is 0 Å². The molecule has 1 aliphatic carbocycles. The van der Waals surface area contributed by atoms with Crippen LogP contribution in [0, 0.1) is 11.3 Å². The number of hydrogen-bond acceptors (Lipinski definition) is 3. The highest BCUT2D eigenvalue weighted by molar-refractivity contribution is 5.83. The molecule has 2 N–H and O–H groups in total. The van der Waals surface area contributed by atoms with Crippen molar-refractivity contribution in [2.24, 2.45) is 5.92 Å². The fraction of sp³-hybridized carbons (Fsp3) is 0.900. The highest BCUT2D eigenvalue weighted by Gasteiger charge is 2.31. The van der Waals surface area contributed by atoms with E-state index in [0.29, 0.717) is 5.92 Å². The molecular weight excluding hydrogens is 178 g/mol. The summed E-state index contributed by atoms with van der Waals surface area (Å²) in [7, 11) is 0. The first-order valence-corrected chi connectivity index (χ1v) is 5.48. The first kappa shape index (κ1) is 9.93. The zero-order chi connectivity index (χ0) is 9.97. The predicted octanol–water partition coefficient (Wildman–Crippen LogP) is -0.0164. The van der Waals surface area contributed by atoms with Gasteiger partial charge in [0.15, 0.2) is 0 Å². The van der Waals surface area contributed by atoms with Gasteiger partial charge in [0.05, 0.1) is 12.4 Å². The third-order valence-electron chi connectivity index (χ3n) is 3.09. The molecule has 4 nitrogen and oxygen atoms in total. The maximum absolute atomic E-state index is 8.79. The molecule has 0 bridgehead atoms. The summed E-state index contributed by atoms with van der Waals surface area (Å²) in [6.45, 7) is 4.96. The number of aliphatic hydroxyl groups is 1. The van der Waals surface area contributed by atoms with Gasteiger partial charge in [-0.25, -0.2) is 0 Å². The van der Waals surface area contributed by atoms with Gasteiger partial charge in [0.25, 0.3) is 0 Å². The second-order valence-corrected chi connectivity index (χ2v) is 4.21. The number of β-amino-alcohol motifs (C(OH)–C–C–N with tert-alkyl or cyclic N) is 1. The van der Waals surface area contributed by atoms with Gasteiger partial charge in [0, 0.05) is 38.6 Å². The van der Waals surface area contributed by atoms with E-state index in [1.54, 1.807) is 0 Å². The summed E-state index contributed by atoms with van der Waals surface area (Å²) in [5, 5.41) is 16.7. The second-order valence-electron chi connectivity index (χ2n) is 4.21. The third kappa shape index (κ3) is 2.25. The molecule has 0 amide bonds. The van der Waals surface area contributed by atoms with Crippen LogP contribution in [-0.4, -0.2) is 60.1 Å². The zero-order valence-corrected chi connectivity index (χ0v) is 8.58. The van der Waals surface area contributed by atoms with E-state index in [-0.39, 0.29) is 6.61 Å². The van der Waals surface area contributed by atoms with E-state index in [4.69, 9.17) is 10.5 Å². The van der Waals surface area contributed by atoms with Crippen molar-refractivity contribution < 1.29 is 5.11 Å². The lowest BCUT2D eigenvalue weighted by Crippen LogP contribution is -2.49. The zero-order valence-electron chi connectivity index (χ0n) is 8.58. The Morgan fingerprint density at radius 3 is 2.36 bits per heavy atom. The first-order valence-electron chi connectivity index (χ1n) is 5.48. The summed E-state index contributed by atoms with van der Waals surface area (Å²) >= 11 is 0. The van der Waals surface area contributed by atoms with Crippen molar-refractivity contribution >= 4 is 5.84 Å². The Morgan fingerprint density at radius 2 is 1.86 bits per heavy atom.